The van der Waals surface area contributed by atoms with Gasteiger partial charge in [-0.05, 0) is 23.9 Å². The van der Waals surface area contributed by atoms with Gasteiger partial charge in [0.25, 0.3) is 0 Å². The first-order chi connectivity index (χ1) is 7.69. The highest BCUT2D eigenvalue weighted by molar-refractivity contribution is 8.01. The van der Waals surface area contributed by atoms with Crippen molar-refractivity contribution in [3.8, 4) is 0 Å². The molecule has 0 atom stereocenters. The Hall–Kier alpha value is -0.330. The van der Waals surface area contributed by atoms with Gasteiger partial charge in [-0.2, -0.15) is 0 Å². The molecule has 2 aromatic rings. The number of rotatable bonds is 3. The van der Waals surface area contributed by atoms with Crippen LogP contribution in [0.4, 0.5) is 0 Å². The molecule has 7 heteroatoms. The highest BCUT2D eigenvalue weighted by atomic mass is 35.5. The van der Waals surface area contributed by atoms with E-state index < -0.39 is 0 Å². The summed E-state index contributed by atoms with van der Waals surface area (Å²) < 4.78 is 0.754. The third-order valence-corrected chi connectivity index (χ3v) is 4.37. The SMILES string of the molecule is OCc1sc(Sc2ccc(Cl)cn2)nc1Cl. The van der Waals surface area contributed by atoms with Gasteiger partial charge >= 0.3 is 0 Å². The van der Waals surface area contributed by atoms with E-state index in [1.54, 1.807) is 18.3 Å². The molecule has 0 bridgehead atoms. The fourth-order valence-electron chi connectivity index (χ4n) is 0.966. The quantitative estimate of drug-likeness (QED) is 0.941. The minimum absolute atomic E-state index is 0.0922. The van der Waals surface area contributed by atoms with Gasteiger partial charge in [0.15, 0.2) is 4.34 Å². The molecule has 3 nitrogen and oxygen atoms in total. The Morgan fingerprint density at radius 3 is 2.75 bits per heavy atom. The molecule has 16 heavy (non-hydrogen) atoms. The molecule has 0 aromatic carbocycles. The predicted octanol–water partition coefficient (Wildman–Crippen LogP) is 3.49. The highest BCUT2D eigenvalue weighted by Gasteiger charge is 2.09. The maximum Gasteiger partial charge on any atom is 0.158 e. The second-order valence-electron chi connectivity index (χ2n) is 2.77. The zero-order chi connectivity index (χ0) is 11.5. The van der Waals surface area contributed by atoms with E-state index in [0.29, 0.717) is 15.1 Å². The van der Waals surface area contributed by atoms with Crippen LogP contribution in [0.3, 0.4) is 0 Å². The summed E-state index contributed by atoms with van der Waals surface area (Å²) in [5.74, 6) is 0. The Kier molecular flexibility index (Phi) is 4.05. The third kappa shape index (κ3) is 2.87. The van der Waals surface area contributed by atoms with Gasteiger partial charge < -0.3 is 5.11 Å². The number of aliphatic hydroxyl groups is 1. The Bertz CT molecular complexity index is 487. The van der Waals surface area contributed by atoms with Crippen LogP contribution in [0.25, 0.3) is 0 Å². The molecule has 2 rings (SSSR count). The molecule has 2 heterocycles. The van der Waals surface area contributed by atoms with Gasteiger partial charge in [-0.25, -0.2) is 9.97 Å². The van der Waals surface area contributed by atoms with Crippen molar-refractivity contribution in [1.29, 1.82) is 0 Å². The van der Waals surface area contributed by atoms with Crippen LogP contribution >= 0.6 is 46.3 Å². The van der Waals surface area contributed by atoms with E-state index in [2.05, 4.69) is 9.97 Å². The summed E-state index contributed by atoms with van der Waals surface area (Å²) >= 11 is 14.3. The molecule has 0 saturated heterocycles. The lowest BCUT2D eigenvalue weighted by molar-refractivity contribution is 0.285. The Morgan fingerprint density at radius 2 is 2.19 bits per heavy atom. The summed E-state index contributed by atoms with van der Waals surface area (Å²) in [6, 6.07) is 3.57. The Labute approximate surface area is 110 Å². The minimum Gasteiger partial charge on any atom is -0.391 e. The lowest BCUT2D eigenvalue weighted by Crippen LogP contribution is -1.77. The molecular weight excluding hydrogens is 287 g/mol. The standard InChI is InChI=1S/C9H6Cl2N2OS2/c10-5-1-2-7(12-3-5)16-9-13-8(11)6(4-14)15-9/h1-3,14H,4H2. The van der Waals surface area contributed by atoms with E-state index in [9.17, 15) is 0 Å². The van der Waals surface area contributed by atoms with Crippen LogP contribution in [0.2, 0.25) is 10.2 Å². The summed E-state index contributed by atoms with van der Waals surface area (Å²) in [5, 5.41) is 10.7. The molecule has 1 N–H and O–H groups in total. The van der Waals surface area contributed by atoms with Crippen LogP contribution < -0.4 is 0 Å². The first-order valence-corrected chi connectivity index (χ1v) is 6.63. The zero-order valence-corrected chi connectivity index (χ0v) is 11.0. The summed E-state index contributed by atoms with van der Waals surface area (Å²) in [6.07, 6.45) is 1.58. The van der Waals surface area contributed by atoms with E-state index in [1.165, 1.54) is 23.1 Å². The number of aliphatic hydroxyl groups excluding tert-OH is 1. The van der Waals surface area contributed by atoms with Gasteiger partial charge in [-0.15, -0.1) is 11.3 Å². The van der Waals surface area contributed by atoms with Gasteiger partial charge in [0.05, 0.1) is 16.5 Å². The largest absolute Gasteiger partial charge is 0.391 e. The summed E-state index contributed by atoms with van der Waals surface area (Å²) in [4.78, 5) is 8.91. The number of hydrogen-bond donors (Lipinski definition) is 1. The number of halogens is 2. The normalized spacial score (nSPS) is 10.7. The predicted molar refractivity (Wildman–Crippen MR) is 66.4 cm³/mol. The first kappa shape index (κ1) is 12.1. The summed E-state index contributed by atoms with van der Waals surface area (Å²) in [5.41, 5.74) is 0. The van der Waals surface area contributed by atoms with E-state index in [4.69, 9.17) is 28.3 Å². The number of aromatic nitrogens is 2. The zero-order valence-electron chi connectivity index (χ0n) is 7.85. The molecule has 0 saturated carbocycles. The summed E-state index contributed by atoms with van der Waals surface area (Å²) in [7, 11) is 0. The fourth-order valence-corrected chi connectivity index (χ4v) is 3.26. The van der Waals surface area contributed by atoms with Crippen LogP contribution in [-0.4, -0.2) is 15.1 Å². The van der Waals surface area contributed by atoms with Crippen molar-refractivity contribution in [2.45, 2.75) is 16.0 Å². The Morgan fingerprint density at radius 1 is 1.38 bits per heavy atom. The topological polar surface area (TPSA) is 46.0 Å². The van der Waals surface area contributed by atoms with Crippen molar-refractivity contribution >= 4 is 46.3 Å². The van der Waals surface area contributed by atoms with Crippen molar-refractivity contribution in [2.75, 3.05) is 0 Å². The van der Waals surface area contributed by atoms with Crippen LogP contribution in [0.1, 0.15) is 4.88 Å². The molecule has 0 amide bonds. The molecule has 0 aliphatic rings. The van der Waals surface area contributed by atoms with Crippen LogP contribution in [0.15, 0.2) is 27.7 Å². The number of nitrogens with zero attached hydrogens (tertiary/aromatic N) is 2. The molecule has 84 valence electrons. The van der Waals surface area contributed by atoms with Crippen molar-refractivity contribution in [2.24, 2.45) is 0 Å². The van der Waals surface area contributed by atoms with Crippen LogP contribution in [0.5, 0.6) is 0 Å². The van der Waals surface area contributed by atoms with Gasteiger partial charge in [0.2, 0.25) is 0 Å². The number of thiazole rings is 1. The molecular formula is C9H6Cl2N2OS2. The molecule has 2 aromatic heterocycles. The fraction of sp³-hybridized carbons (Fsp3) is 0.111. The van der Waals surface area contributed by atoms with Gasteiger partial charge in [0, 0.05) is 6.20 Å². The van der Waals surface area contributed by atoms with Crippen molar-refractivity contribution in [3.05, 3.63) is 33.4 Å². The van der Waals surface area contributed by atoms with Gasteiger partial charge in [-0.1, -0.05) is 23.2 Å². The van der Waals surface area contributed by atoms with E-state index >= 15 is 0 Å². The number of pyridine rings is 1. The van der Waals surface area contributed by atoms with Crippen molar-refractivity contribution < 1.29 is 5.11 Å². The number of hydrogen-bond acceptors (Lipinski definition) is 5. The molecule has 0 fully saturated rings. The lowest BCUT2D eigenvalue weighted by atomic mass is 10.5. The second kappa shape index (κ2) is 5.33. The van der Waals surface area contributed by atoms with Crippen molar-refractivity contribution in [1.82, 2.24) is 9.97 Å². The van der Waals surface area contributed by atoms with E-state index in [1.807, 2.05) is 0 Å². The van der Waals surface area contributed by atoms with Crippen LogP contribution in [-0.2, 0) is 6.61 Å². The average molecular weight is 293 g/mol. The summed E-state index contributed by atoms with van der Waals surface area (Å²) in [6.45, 7) is -0.0922. The van der Waals surface area contributed by atoms with Gasteiger partial charge in [-0.3, -0.25) is 0 Å². The maximum atomic E-state index is 8.98. The second-order valence-corrected chi connectivity index (χ2v) is 5.91. The third-order valence-electron chi connectivity index (χ3n) is 1.67. The molecule has 0 aliphatic heterocycles. The average Bonchev–Trinajstić information content (AvgIpc) is 2.62. The Balaban J connectivity index is 2.17. The lowest BCUT2D eigenvalue weighted by Gasteiger charge is -1.95. The molecule has 0 unspecified atom stereocenters. The smallest absolute Gasteiger partial charge is 0.158 e. The highest BCUT2D eigenvalue weighted by Crippen LogP contribution is 2.34. The van der Waals surface area contributed by atoms with Crippen molar-refractivity contribution in [3.63, 3.8) is 0 Å². The van der Waals surface area contributed by atoms with Gasteiger partial charge in [0.1, 0.15) is 10.2 Å². The maximum absolute atomic E-state index is 8.98. The first-order valence-electron chi connectivity index (χ1n) is 4.24. The molecule has 0 radical (unpaired) electrons. The minimum atomic E-state index is -0.0922. The molecule has 0 spiro atoms. The molecule has 0 aliphatic carbocycles. The van der Waals surface area contributed by atoms with E-state index in [0.717, 1.165) is 9.37 Å². The van der Waals surface area contributed by atoms with Crippen LogP contribution in [0, 0.1) is 0 Å². The van der Waals surface area contributed by atoms with E-state index in [-0.39, 0.29) is 6.61 Å². The monoisotopic (exact) mass is 292 g/mol.